The highest BCUT2D eigenvalue weighted by Gasteiger charge is 1.98. The number of nitrogens with two attached hydrogens (primary N) is 2. The first-order valence-electron chi connectivity index (χ1n) is 2.98. The number of rotatable bonds is 1. The maximum absolute atomic E-state index is 5.59. The number of benzene rings is 1. The smallest absolute Gasteiger partial charge is 0.0461 e. The number of hydrogen-bond donors (Lipinski definition) is 2. The Labute approximate surface area is 68.3 Å². The molecule has 1 rings (SSSR count). The molecule has 0 aromatic heterocycles. The van der Waals surface area contributed by atoms with Gasteiger partial charge in [-0.1, -0.05) is 12.1 Å². The lowest BCUT2D eigenvalue weighted by atomic mass is 10.2. The molecule has 3 heteroatoms. The van der Waals surface area contributed by atoms with E-state index < -0.39 is 0 Å². The molecule has 1 aromatic carbocycles. The second-order valence-electron chi connectivity index (χ2n) is 2.02. The van der Waals surface area contributed by atoms with Gasteiger partial charge >= 0.3 is 0 Å². The molecular formula is C7H9BrN2. The number of hydrogen-bond acceptors (Lipinski definition) is 2. The molecular weight excluding hydrogens is 192 g/mol. The first-order chi connectivity index (χ1) is 4.75. The van der Waals surface area contributed by atoms with E-state index in [2.05, 4.69) is 15.9 Å². The van der Waals surface area contributed by atoms with Crippen LogP contribution in [0, 0.1) is 0 Å². The van der Waals surface area contributed by atoms with Crippen molar-refractivity contribution >= 4 is 21.6 Å². The topological polar surface area (TPSA) is 52.0 Å². The summed E-state index contributed by atoms with van der Waals surface area (Å²) >= 11 is 3.34. The average molecular weight is 201 g/mol. The summed E-state index contributed by atoms with van der Waals surface area (Å²) in [5.41, 5.74) is 12.8. The summed E-state index contributed by atoms with van der Waals surface area (Å²) in [5.74, 6) is 0. The van der Waals surface area contributed by atoms with Crippen molar-refractivity contribution in [2.24, 2.45) is 5.73 Å². The lowest BCUT2D eigenvalue weighted by Gasteiger charge is -2.02. The molecule has 0 radical (unpaired) electrons. The van der Waals surface area contributed by atoms with Crippen LogP contribution < -0.4 is 11.5 Å². The van der Waals surface area contributed by atoms with Gasteiger partial charge in [0.2, 0.25) is 0 Å². The minimum Gasteiger partial charge on any atom is -0.398 e. The molecule has 4 N–H and O–H groups in total. The van der Waals surface area contributed by atoms with Crippen molar-refractivity contribution in [1.29, 1.82) is 0 Å². The summed E-state index contributed by atoms with van der Waals surface area (Å²) in [7, 11) is 0. The Morgan fingerprint density at radius 2 is 2.10 bits per heavy atom. The van der Waals surface area contributed by atoms with Gasteiger partial charge in [0.15, 0.2) is 0 Å². The largest absolute Gasteiger partial charge is 0.398 e. The second kappa shape index (κ2) is 3.03. The van der Waals surface area contributed by atoms with Crippen LogP contribution >= 0.6 is 15.9 Å². The van der Waals surface area contributed by atoms with Gasteiger partial charge < -0.3 is 11.5 Å². The molecule has 10 heavy (non-hydrogen) atoms. The molecule has 0 bridgehead atoms. The third-order valence-corrected chi connectivity index (χ3v) is 2.30. The van der Waals surface area contributed by atoms with Crippen molar-refractivity contribution < 1.29 is 0 Å². The second-order valence-corrected chi connectivity index (χ2v) is 2.82. The maximum Gasteiger partial charge on any atom is 0.0461 e. The quantitative estimate of drug-likeness (QED) is 0.676. The summed E-state index contributed by atoms with van der Waals surface area (Å²) < 4.78 is 0.914. The van der Waals surface area contributed by atoms with E-state index in [1.807, 2.05) is 18.2 Å². The zero-order valence-electron chi connectivity index (χ0n) is 5.47. The fourth-order valence-electron chi connectivity index (χ4n) is 0.757. The summed E-state index contributed by atoms with van der Waals surface area (Å²) in [6.07, 6.45) is 0. The van der Waals surface area contributed by atoms with Crippen molar-refractivity contribution in [2.75, 3.05) is 5.73 Å². The molecule has 1 aromatic rings. The molecule has 54 valence electrons. The van der Waals surface area contributed by atoms with Crippen LogP contribution in [0.2, 0.25) is 0 Å². The van der Waals surface area contributed by atoms with Gasteiger partial charge in [-0.2, -0.15) is 0 Å². The first-order valence-corrected chi connectivity index (χ1v) is 3.78. The van der Waals surface area contributed by atoms with Crippen molar-refractivity contribution in [3.8, 4) is 0 Å². The van der Waals surface area contributed by atoms with E-state index in [-0.39, 0.29) is 0 Å². The molecule has 0 amide bonds. The van der Waals surface area contributed by atoms with Crippen LogP contribution in [-0.4, -0.2) is 0 Å². The van der Waals surface area contributed by atoms with Gasteiger partial charge in [-0.25, -0.2) is 0 Å². The molecule has 0 spiro atoms. The molecule has 0 saturated heterocycles. The van der Waals surface area contributed by atoms with E-state index in [1.54, 1.807) is 0 Å². The van der Waals surface area contributed by atoms with E-state index in [9.17, 15) is 0 Å². The lowest BCUT2D eigenvalue weighted by molar-refractivity contribution is 1.06. The van der Waals surface area contributed by atoms with E-state index in [0.717, 1.165) is 15.7 Å². The Balaban J connectivity index is 3.14. The Morgan fingerprint density at radius 3 is 2.60 bits per heavy atom. The fraction of sp³-hybridized carbons (Fsp3) is 0.143. The maximum atomic E-state index is 5.59. The van der Waals surface area contributed by atoms with Crippen LogP contribution in [0.5, 0.6) is 0 Å². The molecule has 0 fully saturated rings. The van der Waals surface area contributed by atoms with Gasteiger partial charge in [0.25, 0.3) is 0 Å². The van der Waals surface area contributed by atoms with Crippen LogP contribution in [0.3, 0.4) is 0 Å². The molecule has 0 atom stereocenters. The average Bonchev–Trinajstić information content (AvgIpc) is 1.95. The summed E-state index contributed by atoms with van der Waals surface area (Å²) in [6.45, 7) is 0.519. The first kappa shape index (κ1) is 7.57. The van der Waals surface area contributed by atoms with Crippen LogP contribution in [-0.2, 0) is 6.54 Å². The molecule has 0 aliphatic heterocycles. The third kappa shape index (κ3) is 1.30. The van der Waals surface area contributed by atoms with Crippen LogP contribution in [0.15, 0.2) is 22.7 Å². The van der Waals surface area contributed by atoms with Gasteiger partial charge in [-0.15, -0.1) is 0 Å². The van der Waals surface area contributed by atoms with E-state index in [0.29, 0.717) is 6.54 Å². The normalized spacial score (nSPS) is 9.80. The highest BCUT2D eigenvalue weighted by Crippen LogP contribution is 2.22. The SMILES string of the molecule is NCc1cccc(N)c1Br. The third-order valence-electron chi connectivity index (χ3n) is 1.33. The predicted molar refractivity (Wildman–Crippen MR) is 46.4 cm³/mol. The number of anilines is 1. The van der Waals surface area contributed by atoms with E-state index in [4.69, 9.17) is 11.5 Å². The summed E-state index contributed by atoms with van der Waals surface area (Å²) in [4.78, 5) is 0. The lowest BCUT2D eigenvalue weighted by Crippen LogP contribution is -1.99. The van der Waals surface area contributed by atoms with Gasteiger partial charge in [-0.05, 0) is 27.6 Å². The van der Waals surface area contributed by atoms with Crippen molar-refractivity contribution in [1.82, 2.24) is 0 Å². The molecule has 0 heterocycles. The Hall–Kier alpha value is -0.540. The Morgan fingerprint density at radius 1 is 1.40 bits per heavy atom. The Bertz CT molecular complexity index is 235. The van der Waals surface area contributed by atoms with Crippen molar-refractivity contribution in [3.63, 3.8) is 0 Å². The highest BCUT2D eigenvalue weighted by molar-refractivity contribution is 9.10. The van der Waals surface area contributed by atoms with Crippen LogP contribution in [0.4, 0.5) is 5.69 Å². The van der Waals surface area contributed by atoms with Crippen molar-refractivity contribution in [2.45, 2.75) is 6.54 Å². The number of halogens is 1. The van der Waals surface area contributed by atoms with Gasteiger partial charge in [0, 0.05) is 16.7 Å². The zero-order valence-corrected chi connectivity index (χ0v) is 7.06. The molecule has 0 aliphatic rings. The van der Waals surface area contributed by atoms with Gasteiger partial charge in [0.1, 0.15) is 0 Å². The molecule has 0 unspecified atom stereocenters. The monoisotopic (exact) mass is 200 g/mol. The minimum atomic E-state index is 0.519. The number of nitrogen functional groups attached to an aromatic ring is 1. The molecule has 0 saturated carbocycles. The van der Waals surface area contributed by atoms with Crippen LogP contribution in [0.25, 0.3) is 0 Å². The summed E-state index contributed by atoms with van der Waals surface area (Å²) in [6, 6.07) is 5.67. The highest BCUT2D eigenvalue weighted by atomic mass is 79.9. The van der Waals surface area contributed by atoms with E-state index >= 15 is 0 Å². The molecule has 0 aliphatic carbocycles. The van der Waals surface area contributed by atoms with Crippen LogP contribution in [0.1, 0.15) is 5.56 Å². The Kier molecular flexibility index (Phi) is 2.29. The minimum absolute atomic E-state index is 0.519. The standard InChI is InChI=1S/C7H9BrN2/c8-7-5(4-9)2-1-3-6(7)10/h1-3H,4,9-10H2. The predicted octanol–water partition coefficient (Wildman–Crippen LogP) is 1.49. The van der Waals surface area contributed by atoms with E-state index in [1.165, 1.54) is 0 Å². The zero-order chi connectivity index (χ0) is 7.56. The van der Waals surface area contributed by atoms with Gasteiger partial charge in [-0.3, -0.25) is 0 Å². The van der Waals surface area contributed by atoms with Gasteiger partial charge in [0.05, 0.1) is 0 Å². The summed E-state index contributed by atoms with van der Waals surface area (Å²) in [5, 5.41) is 0. The fourth-order valence-corrected chi connectivity index (χ4v) is 1.18. The molecule has 2 nitrogen and oxygen atoms in total. The van der Waals surface area contributed by atoms with Crippen molar-refractivity contribution in [3.05, 3.63) is 28.2 Å².